The van der Waals surface area contributed by atoms with E-state index >= 15 is 0 Å². The van der Waals surface area contributed by atoms with Crippen LogP contribution in [0.4, 0.5) is 4.39 Å². The monoisotopic (exact) mass is 289 g/mol. The summed E-state index contributed by atoms with van der Waals surface area (Å²) in [7, 11) is -3.42. The van der Waals surface area contributed by atoms with E-state index in [-0.39, 0.29) is 24.4 Å². The summed E-state index contributed by atoms with van der Waals surface area (Å²) in [6.45, 7) is 1.36. The molecule has 0 aliphatic carbocycles. The fourth-order valence-electron chi connectivity index (χ4n) is 1.76. The molecule has 0 amide bonds. The van der Waals surface area contributed by atoms with Gasteiger partial charge in [-0.15, -0.1) is 0 Å². The Morgan fingerprint density at radius 1 is 1.21 bits per heavy atom. The van der Waals surface area contributed by atoms with E-state index in [9.17, 15) is 12.8 Å². The number of sulfonamides is 1. The van der Waals surface area contributed by atoms with Crippen molar-refractivity contribution in [2.45, 2.75) is 18.5 Å². The summed E-state index contributed by atoms with van der Waals surface area (Å²) in [5, 5.41) is 0. The molecule has 1 N–H and O–H groups in total. The van der Waals surface area contributed by atoms with E-state index < -0.39 is 10.0 Å². The Hall–Kier alpha value is -1.02. The average Bonchev–Trinajstić information content (AvgIpc) is 2.85. The lowest BCUT2D eigenvalue weighted by Crippen LogP contribution is -2.28. The van der Waals surface area contributed by atoms with Crippen LogP contribution < -0.4 is 4.72 Å². The summed E-state index contributed by atoms with van der Waals surface area (Å²) in [6.07, 6.45) is 0.149. The Morgan fingerprint density at radius 2 is 1.84 bits per heavy atom. The van der Waals surface area contributed by atoms with Gasteiger partial charge >= 0.3 is 0 Å². The van der Waals surface area contributed by atoms with Gasteiger partial charge in [0.05, 0.1) is 19.0 Å². The molecule has 1 fully saturated rings. The number of hydrogen-bond donors (Lipinski definition) is 1. The van der Waals surface area contributed by atoms with Crippen molar-refractivity contribution in [1.29, 1.82) is 0 Å². The molecule has 0 unspecified atom stereocenters. The summed E-state index contributed by atoms with van der Waals surface area (Å²) in [5.41, 5.74) is 0.544. The molecule has 1 heterocycles. The zero-order chi connectivity index (χ0) is 13.7. The van der Waals surface area contributed by atoms with Crippen LogP contribution >= 0.6 is 0 Å². The van der Waals surface area contributed by atoms with E-state index in [4.69, 9.17) is 9.47 Å². The van der Waals surface area contributed by atoms with Crippen LogP contribution in [0.3, 0.4) is 0 Å². The first-order chi connectivity index (χ1) is 9.05. The average molecular weight is 289 g/mol. The van der Waals surface area contributed by atoms with Crippen molar-refractivity contribution >= 4 is 10.0 Å². The minimum absolute atomic E-state index is 0.167. The number of rotatable bonds is 6. The highest BCUT2D eigenvalue weighted by Gasteiger charge is 2.17. The van der Waals surface area contributed by atoms with Crippen molar-refractivity contribution in [3.8, 4) is 0 Å². The van der Waals surface area contributed by atoms with E-state index in [1.54, 1.807) is 0 Å². The third-order valence-electron chi connectivity index (χ3n) is 2.66. The van der Waals surface area contributed by atoms with Crippen molar-refractivity contribution in [3.63, 3.8) is 0 Å². The Bertz CT molecular complexity index is 497. The van der Waals surface area contributed by atoms with Gasteiger partial charge < -0.3 is 9.47 Å². The lowest BCUT2D eigenvalue weighted by atomic mass is 10.2. The van der Waals surface area contributed by atoms with Crippen LogP contribution in [0.25, 0.3) is 0 Å². The van der Waals surface area contributed by atoms with Crippen LogP contribution in [0.5, 0.6) is 0 Å². The largest absolute Gasteiger partial charge is 0.350 e. The Labute approximate surface area is 111 Å². The molecule has 0 saturated carbocycles. The second-order valence-corrected chi connectivity index (χ2v) is 6.05. The summed E-state index contributed by atoms with van der Waals surface area (Å²) >= 11 is 0. The van der Waals surface area contributed by atoms with Gasteiger partial charge in [0.15, 0.2) is 6.29 Å². The fraction of sp³-hybridized carbons (Fsp3) is 0.500. The van der Waals surface area contributed by atoms with Crippen molar-refractivity contribution in [2.75, 3.05) is 19.8 Å². The quantitative estimate of drug-likeness (QED) is 0.849. The zero-order valence-corrected chi connectivity index (χ0v) is 11.2. The molecule has 5 nitrogen and oxygen atoms in total. The Morgan fingerprint density at radius 3 is 2.47 bits per heavy atom. The molecule has 0 aromatic heterocycles. The maximum Gasteiger partial charge on any atom is 0.215 e. The predicted molar refractivity (Wildman–Crippen MR) is 67.3 cm³/mol. The lowest BCUT2D eigenvalue weighted by molar-refractivity contribution is -0.0451. The number of hydrogen-bond acceptors (Lipinski definition) is 4. The van der Waals surface area contributed by atoms with Crippen LogP contribution in [0, 0.1) is 5.82 Å². The van der Waals surface area contributed by atoms with Gasteiger partial charge in [-0.05, 0) is 17.7 Å². The number of nitrogens with one attached hydrogen (secondary N) is 1. The molecule has 7 heteroatoms. The Kier molecular flexibility index (Phi) is 4.87. The van der Waals surface area contributed by atoms with Gasteiger partial charge in [0.2, 0.25) is 10.0 Å². The Balaban J connectivity index is 1.79. The zero-order valence-electron chi connectivity index (χ0n) is 10.3. The maximum absolute atomic E-state index is 12.7. The molecule has 0 atom stereocenters. The van der Waals surface area contributed by atoms with Gasteiger partial charge in [0.1, 0.15) is 5.82 Å². The second kappa shape index (κ2) is 6.42. The molecule has 0 spiro atoms. The normalized spacial score (nSPS) is 16.9. The number of benzene rings is 1. The second-order valence-electron chi connectivity index (χ2n) is 4.24. The van der Waals surface area contributed by atoms with Gasteiger partial charge in [-0.3, -0.25) is 0 Å². The third kappa shape index (κ3) is 4.87. The number of halogens is 1. The molecule has 2 rings (SSSR count). The van der Waals surface area contributed by atoms with E-state index in [0.717, 1.165) is 0 Å². The standard InChI is InChI=1S/C12H16FNO4S/c13-11-3-1-10(2-4-11)9-19(15,16)14-6-5-12-17-7-8-18-12/h1-4,12,14H,5-9H2. The molecule has 19 heavy (non-hydrogen) atoms. The molecule has 106 valence electrons. The molecule has 1 saturated heterocycles. The third-order valence-corrected chi connectivity index (χ3v) is 4.02. The lowest BCUT2D eigenvalue weighted by Gasteiger charge is -2.10. The van der Waals surface area contributed by atoms with Gasteiger partial charge in [-0.1, -0.05) is 12.1 Å². The van der Waals surface area contributed by atoms with E-state index in [0.29, 0.717) is 25.2 Å². The van der Waals surface area contributed by atoms with Gasteiger partial charge in [0.25, 0.3) is 0 Å². The molecule has 0 bridgehead atoms. The fourth-order valence-corrected chi connectivity index (χ4v) is 2.92. The first-order valence-electron chi connectivity index (χ1n) is 6.00. The summed E-state index contributed by atoms with van der Waals surface area (Å²) in [6, 6.07) is 5.39. The van der Waals surface area contributed by atoms with Crippen LogP contribution in [0.1, 0.15) is 12.0 Å². The van der Waals surface area contributed by atoms with Crippen molar-refractivity contribution in [2.24, 2.45) is 0 Å². The molecular weight excluding hydrogens is 273 g/mol. The first-order valence-corrected chi connectivity index (χ1v) is 7.65. The number of ether oxygens (including phenoxy) is 2. The smallest absolute Gasteiger partial charge is 0.215 e. The predicted octanol–water partition coefficient (Wildman–Crippen LogP) is 1.01. The van der Waals surface area contributed by atoms with Crippen molar-refractivity contribution < 1.29 is 22.3 Å². The van der Waals surface area contributed by atoms with Crippen molar-refractivity contribution in [3.05, 3.63) is 35.6 Å². The highest BCUT2D eigenvalue weighted by atomic mass is 32.2. The van der Waals surface area contributed by atoms with Crippen LogP contribution in [0.15, 0.2) is 24.3 Å². The van der Waals surface area contributed by atoms with Gasteiger partial charge in [-0.2, -0.15) is 0 Å². The first kappa shape index (κ1) is 14.4. The summed E-state index contributed by atoms with van der Waals surface area (Å²) in [4.78, 5) is 0. The van der Waals surface area contributed by atoms with E-state index in [1.165, 1.54) is 24.3 Å². The van der Waals surface area contributed by atoms with Gasteiger partial charge in [-0.25, -0.2) is 17.5 Å². The maximum atomic E-state index is 12.7. The van der Waals surface area contributed by atoms with Crippen LogP contribution in [-0.2, 0) is 25.2 Å². The highest BCUT2D eigenvalue weighted by molar-refractivity contribution is 7.88. The molecular formula is C12H16FNO4S. The molecule has 0 radical (unpaired) electrons. The molecule has 1 aliphatic heterocycles. The van der Waals surface area contributed by atoms with Crippen molar-refractivity contribution in [1.82, 2.24) is 4.72 Å². The minimum atomic E-state index is -3.42. The summed E-state index contributed by atoms with van der Waals surface area (Å²) < 4.78 is 49.1. The topological polar surface area (TPSA) is 64.6 Å². The van der Waals surface area contributed by atoms with E-state index in [1.807, 2.05) is 0 Å². The molecule has 1 aromatic carbocycles. The SMILES string of the molecule is O=S(=O)(Cc1ccc(F)cc1)NCCC1OCCO1. The summed E-state index contributed by atoms with van der Waals surface area (Å²) in [5.74, 6) is -0.552. The van der Waals surface area contributed by atoms with Crippen LogP contribution in [-0.4, -0.2) is 34.5 Å². The molecule has 1 aliphatic rings. The van der Waals surface area contributed by atoms with Crippen LogP contribution in [0.2, 0.25) is 0 Å². The van der Waals surface area contributed by atoms with Gasteiger partial charge in [0, 0.05) is 13.0 Å². The molecule has 1 aromatic rings. The van der Waals surface area contributed by atoms with E-state index in [2.05, 4.69) is 4.72 Å². The highest BCUT2D eigenvalue weighted by Crippen LogP contribution is 2.09. The minimum Gasteiger partial charge on any atom is -0.350 e.